The van der Waals surface area contributed by atoms with E-state index in [0.717, 1.165) is 48.2 Å². The molecule has 2 rings (SSSR count). The Kier molecular flexibility index (Phi) is 8.76. The monoisotopic (exact) mass is 380 g/mol. The number of aryl methyl sites for hydroxylation is 4. The number of aldehydes is 1. The number of rotatable bonds is 11. The molecule has 0 amide bonds. The van der Waals surface area contributed by atoms with Gasteiger partial charge < -0.3 is 4.74 Å². The van der Waals surface area contributed by atoms with Gasteiger partial charge in [0, 0.05) is 5.56 Å². The molecule has 0 radical (unpaired) electrons. The van der Waals surface area contributed by atoms with Gasteiger partial charge in [-0.05, 0) is 92.8 Å². The van der Waals surface area contributed by atoms with E-state index in [2.05, 4.69) is 39.0 Å². The van der Waals surface area contributed by atoms with Crippen molar-refractivity contribution in [2.45, 2.75) is 73.1 Å². The molecule has 2 aromatic rings. The zero-order valence-corrected chi connectivity index (χ0v) is 18.3. The summed E-state index contributed by atoms with van der Waals surface area (Å²) in [6, 6.07) is 10.7. The first-order valence-electron chi connectivity index (χ1n) is 10.7. The lowest BCUT2D eigenvalue weighted by Gasteiger charge is -2.18. The van der Waals surface area contributed by atoms with E-state index in [1.54, 1.807) is 0 Å². The minimum atomic E-state index is 0.713. The predicted molar refractivity (Wildman–Crippen MR) is 119 cm³/mol. The first kappa shape index (κ1) is 22.2. The molecule has 0 fully saturated rings. The SMILES string of the molecule is CCCC[C@H](CCCOc1c(C)cc(C=O)cc1C)Cc1ccc(C)c(C)c1. The van der Waals surface area contributed by atoms with Crippen LogP contribution in [0, 0.1) is 33.6 Å². The predicted octanol–water partition coefficient (Wildman–Crippen LogP) is 6.94. The van der Waals surface area contributed by atoms with Crippen LogP contribution in [-0.4, -0.2) is 12.9 Å². The number of carbonyl (C=O) groups excluding carboxylic acids is 1. The number of hydrogen-bond acceptors (Lipinski definition) is 2. The number of ether oxygens (including phenoxy) is 1. The van der Waals surface area contributed by atoms with Crippen LogP contribution in [0.15, 0.2) is 30.3 Å². The molecule has 1 atom stereocenters. The van der Waals surface area contributed by atoms with Crippen LogP contribution >= 0.6 is 0 Å². The summed E-state index contributed by atoms with van der Waals surface area (Å²) in [5, 5.41) is 0. The van der Waals surface area contributed by atoms with Crippen molar-refractivity contribution >= 4 is 6.29 Å². The Bertz CT molecular complexity index is 753. The fraction of sp³-hybridized carbons (Fsp3) is 0.500. The van der Waals surface area contributed by atoms with E-state index in [4.69, 9.17) is 4.74 Å². The third-order valence-corrected chi connectivity index (χ3v) is 5.68. The lowest BCUT2D eigenvalue weighted by atomic mass is 9.89. The highest BCUT2D eigenvalue weighted by molar-refractivity contribution is 5.76. The summed E-state index contributed by atoms with van der Waals surface area (Å²) in [6.45, 7) is 11.4. The molecule has 28 heavy (non-hydrogen) atoms. The third-order valence-electron chi connectivity index (χ3n) is 5.68. The topological polar surface area (TPSA) is 26.3 Å². The first-order chi connectivity index (χ1) is 13.4. The van der Waals surface area contributed by atoms with E-state index in [-0.39, 0.29) is 0 Å². The van der Waals surface area contributed by atoms with Crippen molar-refractivity contribution in [2.24, 2.45) is 5.92 Å². The molecule has 2 heteroatoms. The first-order valence-corrected chi connectivity index (χ1v) is 10.7. The van der Waals surface area contributed by atoms with E-state index < -0.39 is 0 Å². The van der Waals surface area contributed by atoms with Crippen molar-refractivity contribution in [3.63, 3.8) is 0 Å². The molecule has 0 aliphatic rings. The number of hydrogen-bond donors (Lipinski definition) is 0. The van der Waals surface area contributed by atoms with E-state index >= 15 is 0 Å². The summed E-state index contributed by atoms with van der Waals surface area (Å²) in [5.74, 6) is 1.65. The Morgan fingerprint density at radius 1 is 0.893 bits per heavy atom. The van der Waals surface area contributed by atoms with Gasteiger partial charge in [-0.1, -0.05) is 44.4 Å². The van der Waals surface area contributed by atoms with Crippen molar-refractivity contribution in [2.75, 3.05) is 6.61 Å². The van der Waals surface area contributed by atoms with E-state index in [1.165, 1.54) is 42.4 Å². The molecule has 0 heterocycles. The van der Waals surface area contributed by atoms with Gasteiger partial charge in [-0.15, -0.1) is 0 Å². The average molecular weight is 381 g/mol. The molecule has 0 aliphatic heterocycles. The molecule has 2 nitrogen and oxygen atoms in total. The highest BCUT2D eigenvalue weighted by Crippen LogP contribution is 2.26. The smallest absolute Gasteiger partial charge is 0.150 e. The number of unbranched alkanes of at least 4 members (excludes halogenated alkanes) is 1. The molecule has 0 saturated heterocycles. The Balaban J connectivity index is 1.91. The Morgan fingerprint density at radius 2 is 1.57 bits per heavy atom. The van der Waals surface area contributed by atoms with Gasteiger partial charge in [0.1, 0.15) is 12.0 Å². The Labute approximate surface area is 171 Å². The van der Waals surface area contributed by atoms with Crippen LogP contribution in [0.4, 0.5) is 0 Å². The standard InChI is InChI=1S/C26H36O2/c1-6-7-9-23(17-24-12-11-19(2)20(3)14-24)10-8-13-28-26-21(4)15-25(18-27)16-22(26)5/h11-12,14-16,18,23H,6-10,13,17H2,1-5H3/t23-/m1/s1. The lowest BCUT2D eigenvalue weighted by Crippen LogP contribution is -2.09. The normalized spacial score (nSPS) is 12.0. The van der Waals surface area contributed by atoms with Crippen LogP contribution in [-0.2, 0) is 6.42 Å². The van der Waals surface area contributed by atoms with Gasteiger partial charge in [-0.3, -0.25) is 4.79 Å². The highest BCUT2D eigenvalue weighted by Gasteiger charge is 2.11. The molecule has 0 saturated carbocycles. The minimum absolute atomic E-state index is 0.713. The molecule has 152 valence electrons. The maximum atomic E-state index is 11.0. The fourth-order valence-electron chi connectivity index (χ4n) is 3.93. The quantitative estimate of drug-likeness (QED) is 0.312. The highest BCUT2D eigenvalue weighted by atomic mass is 16.5. The van der Waals surface area contributed by atoms with Crippen LogP contribution in [0.25, 0.3) is 0 Å². The molecule has 0 aliphatic carbocycles. The number of carbonyl (C=O) groups is 1. The molecule has 0 unspecified atom stereocenters. The summed E-state index contributed by atoms with van der Waals surface area (Å²) in [7, 11) is 0. The molecular formula is C26H36O2. The maximum Gasteiger partial charge on any atom is 0.150 e. The summed E-state index contributed by atoms with van der Waals surface area (Å²) in [5.41, 5.74) is 7.02. The lowest BCUT2D eigenvalue weighted by molar-refractivity contribution is 0.112. The summed E-state index contributed by atoms with van der Waals surface area (Å²) < 4.78 is 6.09. The van der Waals surface area contributed by atoms with Crippen LogP contribution in [0.5, 0.6) is 5.75 Å². The van der Waals surface area contributed by atoms with Crippen LogP contribution in [0.1, 0.15) is 77.2 Å². The molecule has 0 aromatic heterocycles. The van der Waals surface area contributed by atoms with Gasteiger partial charge in [-0.2, -0.15) is 0 Å². The molecule has 0 N–H and O–H groups in total. The maximum absolute atomic E-state index is 11.0. The zero-order valence-electron chi connectivity index (χ0n) is 18.3. The molecule has 2 aromatic carbocycles. The van der Waals surface area contributed by atoms with Crippen molar-refractivity contribution in [3.8, 4) is 5.75 Å². The Morgan fingerprint density at radius 3 is 2.18 bits per heavy atom. The van der Waals surface area contributed by atoms with Gasteiger partial charge >= 0.3 is 0 Å². The zero-order chi connectivity index (χ0) is 20.5. The van der Waals surface area contributed by atoms with Gasteiger partial charge in [0.25, 0.3) is 0 Å². The number of benzene rings is 2. The van der Waals surface area contributed by atoms with Gasteiger partial charge in [-0.25, -0.2) is 0 Å². The largest absolute Gasteiger partial charge is 0.493 e. The fourth-order valence-corrected chi connectivity index (χ4v) is 3.93. The van der Waals surface area contributed by atoms with E-state index in [0.29, 0.717) is 5.92 Å². The van der Waals surface area contributed by atoms with Crippen LogP contribution in [0.3, 0.4) is 0 Å². The molecule has 0 bridgehead atoms. The van der Waals surface area contributed by atoms with Crippen molar-refractivity contribution in [1.29, 1.82) is 0 Å². The molecule has 0 spiro atoms. The van der Waals surface area contributed by atoms with Crippen molar-refractivity contribution in [1.82, 2.24) is 0 Å². The second-order valence-electron chi connectivity index (χ2n) is 8.22. The third kappa shape index (κ3) is 6.51. The second-order valence-corrected chi connectivity index (χ2v) is 8.22. The summed E-state index contributed by atoms with van der Waals surface area (Å²) in [4.78, 5) is 11.0. The molecular weight excluding hydrogens is 344 g/mol. The van der Waals surface area contributed by atoms with E-state index in [9.17, 15) is 4.79 Å². The van der Waals surface area contributed by atoms with Gasteiger partial charge in [0.2, 0.25) is 0 Å². The van der Waals surface area contributed by atoms with Crippen LogP contribution in [0.2, 0.25) is 0 Å². The summed E-state index contributed by atoms with van der Waals surface area (Å²) in [6.07, 6.45) is 8.14. The average Bonchev–Trinajstić information content (AvgIpc) is 2.67. The Hall–Kier alpha value is -2.09. The van der Waals surface area contributed by atoms with Gasteiger partial charge in [0.05, 0.1) is 6.61 Å². The minimum Gasteiger partial charge on any atom is -0.493 e. The van der Waals surface area contributed by atoms with Crippen molar-refractivity contribution in [3.05, 3.63) is 63.7 Å². The second kappa shape index (κ2) is 11.0. The van der Waals surface area contributed by atoms with Gasteiger partial charge in [0.15, 0.2) is 0 Å². The van der Waals surface area contributed by atoms with E-state index in [1.807, 2.05) is 26.0 Å². The van der Waals surface area contributed by atoms with Crippen molar-refractivity contribution < 1.29 is 9.53 Å². The van der Waals surface area contributed by atoms with Crippen LogP contribution < -0.4 is 4.74 Å². The summed E-state index contributed by atoms with van der Waals surface area (Å²) >= 11 is 0.